The van der Waals surface area contributed by atoms with E-state index in [0.717, 1.165) is 0 Å². The fraction of sp³-hybridized carbons (Fsp3) is 0.417. The lowest BCUT2D eigenvalue weighted by atomic mass is 10.1. The monoisotopic (exact) mass is 266 g/mol. The number of nitrogens with two attached hydrogens (primary N) is 1. The zero-order valence-electron chi connectivity index (χ0n) is 11.0. The number of benzene rings is 1. The van der Waals surface area contributed by atoms with Crippen molar-refractivity contribution in [1.29, 1.82) is 0 Å². The summed E-state index contributed by atoms with van der Waals surface area (Å²) >= 11 is 0. The highest BCUT2D eigenvalue weighted by molar-refractivity contribution is 5.95. The van der Waals surface area contributed by atoms with E-state index in [1.807, 2.05) is 6.92 Å². The number of nitrogens with zero attached hydrogens (tertiary/aromatic N) is 2. The molecule has 0 atom stereocenters. The van der Waals surface area contributed by atoms with Crippen molar-refractivity contribution in [2.24, 2.45) is 5.73 Å². The molecule has 0 aliphatic heterocycles. The molecule has 1 aromatic carbocycles. The molecule has 1 rings (SSSR count). The fourth-order valence-electron chi connectivity index (χ4n) is 1.82. The summed E-state index contributed by atoms with van der Waals surface area (Å²) < 4.78 is 0. The standard InChI is InChI=1S/C12H18N4O3/c1-3-15(7-6-13)11-8-9(12(17)14-2)4-5-10(11)16(18)19/h4-5,8H,3,6-7,13H2,1-2H3,(H,14,17). The Bertz CT molecular complexity index is 476. The van der Waals surface area contributed by atoms with Crippen molar-refractivity contribution >= 4 is 17.3 Å². The van der Waals surface area contributed by atoms with Crippen LogP contribution in [-0.4, -0.2) is 37.5 Å². The summed E-state index contributed by atoms with van der Waals surface area (Å²) in [6, 6.07) is 4.31. The molecule has 19 heavy (non-hydrogen) atoms. The van der Waals surface area contributed by atoms with E-state index in [1.54, 1.807) is 4.90 Å². The normalized spacial score (nSPS) is 10.1. The van der Waals surface area contributed by atoms with Gasteiger partial charge >= 0.3 is 0 Å². The summed E-state index contributed by atoms with van der Waals surface area (Å²) in [7, 11) is 1.51. The molecule has 1 aromatic rings. The molecule has 0 unspecified atom stereocenters. The average Bonchev–Trinajstić information content (AvgIpc) is 2.43. The SMILES string of the molecule is CCN(CCN)c1cc(C(=O)NC)ccc1[N+](=O)[O-]. The maximum absolute atomic E-state index is 11.6. The second-order valence-corrected chi connectivity index (χ2v) is 3.91. The predicted octanol–water partition coefficient (Wildman–Crippen LogP) is 0.739. The van der Waals surface area contributed by atoms with Crippen LogP contribution in [0, 0.1) is 10.1 Å². The molecular formula is C12H18N4O3. The predicted molar refractivity (Wildman–Crippen MR) is 73.4 cm³/mol. The van der Waals surface area contributed by atoms with Gasteiger partial charge in [-0.1, -0.05) is 0 Å². The summed E-state index contributed by atoms with van der Waals surface area (Å²) in [6.45, 7) is 3.34. The number of amides is 1. The quantitative estimate of drug-likeness (QED) is 0.584. The Labute approximate surface area is 111 Å². The average molecular weight is 266 g/mol. The Morgan fingerprint density at radius 3 is 2.68 bits per heavy atom. The van der Waals surface area contributed by atoms with Crippen LogP contribution in [0.5, 0.6) is 0 Å². The Kier molecular flexibility index (Phi) is 5.25. The summed E-state index contributed by atoms with van der Waals surface area (Å²) in [6.07, 6.45) is 0. The van der Waals surface area contributed by atoms with Gasteiger partial charge in [0.05, 0.1) is 4.92 Å². The fourth-order valence-corrected chi connectivity index (χ4v) is 1.82. The Balaban J connectivity index is 3.29. The summed E-state index contributed by atoms with van der Waals surface area (Å²) in [4.78, 5) is 24.0. The molecule has 0 heterocycles. The van der Waals surface area contributed by atoms with Crippen LogP contribution < -0.4 is 16.0 Å². The van der Waals surface area contributed by atoms with Crippen LogP contribution in [-0.2, 0) is 0 Å². The number of nitro benzene ring substituents is 1. The molecule has 0 bridgehead atoms. The lowest BCUT2D eigenvalue weighted by Crippen LogP contribution is -2.30. The van der Waals surface area contributed by atoms with Crippen LogP contribution in [0.4, 0.5) is 11.4 Å². The maximum Gasteiger partial charge on any atom is 0.292 e. The first kappa shape index (κ1) is 14.9. The molecule has 3 N–H and O–H groups in total. The Morgan fingerprint density at radius 1 is 1.53 bits per heavy atom. The highest BCUT2D eigenvalue weighted by atomic mass is 16.6. The molecule has 0 aromatic heterocycles. The van der Waals surface area contributed by atoms with Crippen LogP contribution in [0.25, 0.3) is 0 Å². The van der Waals surface area contributed by atoms with Gasteiger partial charge in [-0.2, -0.15) is 0 Å². The first-order valence-electron chi connectivity index (χ1n) is 6.00. The lowest BCUT2D eigenvalue weighted by molar-refractivity contribution is -0.384. The number of likely N-dealkylation sites (N-methyl/N-ethyl adjacent to an activating group) is 1. The van der Waals surface area contributed by atoms with Gasteiger partial charge in [-0.15, -0.1) is 0 Å². The number of hydrogen-bond donors (Lipinski definition) is 2. The van der Waals surface area contributed by atoms with Crippen LogP contribution in [0.2, 0.25) is 0 Å². The minimum Gasteiger partial charge on any atom is -0.365 e. The lowest BCUT2D eigenvalue weighted by Gasteiger charge is -2.22. The Morgan fingerprint density at radius 2 is 2.21 bits per heavy atom. The third-order valence-corrected chi connectivity index (χ3v) is 2.78. The van der Waals surface area contributed by atoms with Crippen molar-refractivity contribution < 1.29 is 9.72 Å². The molecule has 0 spiro atoms. The Hall–Kier alpha value is -2.15. The largest absolute Gasteiger partial charge is 0.365 e. The van der Waals surface area contributed by atoms with E-state index in [4.69, 9.17) is 5.73 Å². The smallest absolute Gasteiger partial charge is 0.292 e. The topological polar surface area (TPSA) is 102 Å². The number of rotatable bonds is 6. The molecule has 0 radical (unpaired) electrons. The van der Waals surface area contributed by atoms with Gasteiger partial charge < -0.3 is 16.0 Å². The molecule has 0 aliphatic rings. The van der Waals surface area contributed by atoms with E-state index in [0.29, 0.717) is 30.9 Å². The van der Waals surface area contributed by atoms with Crippen molar-refractivity contribution in [3.05, 3.63) is 33.9 Å². The molecule has 0 saturated carbocycles. The second kappa shape index (κ2) is 6.69. The van der Waals surface area contributed by atoms with E-state index in [-0.39, 0.29) is 11.6 Å². The van der Waals surface area contributed by atoms with E-state index in [1.165, 1.54) is 25.2 Å². The van der Waals surface area contributed by atoms with Crippen LogP contribution in [0.15, 0.2) is 18.2 Å². The molecule has 7 nitrogen and oxygen atoms in total. The van der Waals surface area contributed by atoms with E-state index in [2.05, 4.69) is 5.32 Å². The van der Waals surface area contributed by atoms with Gasteiger partial charge in [0.25, 0.3) is 11.6 Å². The second-order valence-electron chi connectivity index (χ2n) is 3.91. The van der Waals surface area contributed by atoms with Crippen molar-refractivity contribution in [1.82, 2.24) is 5.32 Å². The van der Waals surface area contributed by atoms with Gasteiger partial charge in [-0.3, -0.25) is 14.9 Å². The van der Waals surface area contributed by atoms with Crippen molar-refractivity contribution in [3.63, 3.8) is 0 Å². The molecule has 104 valence electrons. The first-order valence-corrected chi connectivity index (χ1v) is 6.00. The van der Waals surface area contributed by atoms with Crippen LogP contribution in [0.3, 0.4) is 0 Å². The van der Waals surface area contributed by atoms with Crippen LogP contribution >= 0.6 is 0 Å². The molecule has 0 saturated heterocycles. The van der Waals surface area contributed by atoms with E-state index < -0.39 is 4.92 Å². The molecule has 1 amide bonds. The maximum atomic E-state index is 11.6. The van der Waals surface area contributed by atoms with Crippen molar-refractivity contribution in [3.8, 4) is 0 Å². The van der Waals surface area contributed by atoms with E-state index in [9.17, 15) is 14.9 Å². The number of nitro groups is 1. The summed E-state index contributed by atoms with van der Waals surface area (Å²) in [5.41, 5.74) is 6.28. The molecule has 7 heteroatoms. The molecule has 0 fully saturated rings. The highest BCUT2D eigenvalue weighted by Gasteiger charge is 2.20. The van der Waals surface area contributed by atoms with Crippen molar-refractivity contribution in [2.75, 3.05) is 31.6 Å². The van der Waals surface area contributed by atoms with E-state index >= 15 is 0 Å². The zero-order valence-corrected chi connectivity index (χ0v) is 11.0. The third kappa shape index (κ3) is 3.41. The number of nitrogens with one attached hydrogen (secondary N) is 1. The minimum atomic E-state index is -0.456. The molecule has 0 aliphatic carbocycles. The number of carbonyl (C=O) groups excluding carboxylic acids is 1. The molecular weight excluding hydrogens is 248 g/mol. The van der Waals surface area contributed by atoms with Crippen molar-refractivity contribution in [2.45, 2.75) is 6.92 Å². The summed E-state index contributed by atoms with van der Waals surface area (Å²) in [5, 5.41) is 13.5. The number of hydrogen-bond acceptors (Lipinski definition) is 5. The zero-order chi connectivity index (χ0) is 14.4. The van der Waals surface area contributed by atoms with Gasteiger partial charge in [0.15, 0.2) is 0 Å². The first-order chi connectivity index (χ1) is 9.04. The van der Waals surface area contributed by atoms with Gasteiger partial charge in [0.1, 0.15) is 5.69 Å². The highest BCUT2D eigenvalue weighted by Crippen LogP contribution is 2.29. The number of carbonyl (C=O) groups is 1. The van der Waals surface area contributed by atoms with Gasteiger partial charge in [0, 0.05) is 38.3 Å². The van der Waals surface area contributed by atoms with Gasteiger partial charge in [-0.05, 0) is 19.1 Å². The minimum absolute atomic E-state index is 0.0250. The third-order valence-electron chi connectivity index (χ3n) is 2.78. The summed E-state index contributed by atoms with van der Waals surface area (Å²) in [5.74, 6) is -0.278. The van der Waals surface area contributed by atoms with Gasteiger partial charge in [0.2, 0.25) is 0 Å². The van der Waals surface area contributed by atoms with Gasteiger partial charge in [-0.25, -0.2) is 0 Å². The number of anilines is 1. The van der Waals surface area contributed by atoms with Crippen LogP contribution in [0.1, 0.15) is 17.3 Å².